The van der Waals surface area contributed by atoms with Crippen LogP contribution in [0.5, 0.6) is 11.5 Å². The van der Waals surface area contributed by atoms with Crippen LogP contribution in [0.15, 0.2) is 60.7 Å². The van der Waals surface area contributed by atoms with Crippen LogP contribution in [0.25, 0.3) is 0 Å². The van der Waals surface area contributed by atoms with E-state index in [0.29, 0.717) is 40.5 Å². The molecule has 5 N–H and O–H groups in total. The number of Topliss-reactive ketones (excluding diaryl/α,β-unsaturated/α-hetero) is 1. The minimum absolute atomic E-state index is 0.0194. The Morgan fingerprint density at radius 3 is 2.17 bits per heavy atom. The second-order valence-corrected chi connectivity index (χ2v) is 6.64. The van der Waals surface area contributed by atoms with Crippen LogP contribution in [-0.4, -0.2) is 20.0 Å². The van der Waals surface area contributed by atoms with Crippen molar-refractivity contribution in [2.45, 2.75) is 13.0 Å². The predicted octanol–water partition coefficient (Wildman–Crippen LogP) is 3.91. The van der Waals surface area contributed by atoms with Gasteiger partial charge in [0.2, 0.25) is 0 Å². The number of rotatable bonds is 8. The third kappa shape index (κ3) is 4.79. The molecule has 0 spiro atoms. The van der Waals surface area contributed by atoms with Crippen LogP contribution in [0.3, 0.4) is 0 Å². The summed E-state index contributed by atoms with van der Waals surface area (Å²) in [5.74, 6) is 1.33. The van der Waals surface area contributed by atoms with Crippen molar-refractivity contribution in [3.63, 3.8) is 0 Å². The lowest BCUT2D eigenvalue weighted by Crippen LogP contribution is -2.09. The van der Waals surface area contributed by atoms with Crippen molar-refractivity contribution in [1.82, 2.24) is 0 Å². The minimum Gasteiger partial charge on any atom is -0.493 e. The molecular formula is C23H25N3O3. The summed E-state index contributed by atoms with van der Waals surface area (Å²) in [5.41, 5.74) is 16.2. The lowest BCUT2D eigenvalue weighted by molar-refractivity contribution is 0.0993. The Morgan fingerprint density at radius 2 is 1.55 bits per heavy atom. The molecule has 0 amide bonds. The van der Waals surface area contributed by atoms with Gasteiger partial charge in [0.25, 0.3) is 0 Å². The number of anilines is 3. The molecule has 3 rings (SSSR count). The molecule has 29 heavy (non-hydrogen) atoms. The van der Waals surface area contributed by atoms with Crippen molar-refractivity contribution in [3.8, 4) is 11.5 Å². The number of hydrogen-bond donors (Lipinski definition) is 3. The van der Waals surface area contributed by atoms with Gasteiger partial charge >= 0.3 is 0 Å². The van der Waals surface area contributed by atoms with E-state index in [1.54, 1.807) is 32.4 Å². The zero-order chi connectivity index (χ0) is 20.8. The highest BCUT2D eigenvalue weighted by Crippen LogP contribution is 2.30. The van der Waals surface area contributed by atoms with E-state index in [2.05, 4.69) is 5.32 Å². The average Bonchev–Trinajstić information content (AvgIpc) is 2.75. The van der Waals surface area contributed by atoms with Crippen LogP contribution in [0.1, 0.15) is 21.5 Å². The Bertz CT molecular complexity index is 980. The molecule has 6 nitrogen and oxygen atoms in total. The van der Waals surface area contributed by atoms with E-state index >= 15 is 0 Å². The molecule has 0 aliphatic rings. The summed E-state index contributed by atoms with van der Waals surface area (Å²) in [5, 5.41) is 3.34. The van der Waals surface area contributed by atoms with Gasteiger partial charge < -0.3 is 26.3 Å². The summed E-state index contributed by atoms with van der Waals surface area (Å²) >= 11 is 0. The molecule has 0 heterocycles. The van der Waals surface area contributed by atoms with Crippen LogP contribution in [0, 0.1) is 0 Å². The quantitative estimate of drug-likeness (QED) is 0.398. The van der Waals surface area contributed by atoms with Gasteiger partial charge in [-0.25, -0.2) is 0 Å². The molecule has 0 atom stereocenters. The molecule has 150 valence electrons. The van der Waals surface area contributed by atoms with Gasteiger partial charge in [0, 0.05) is 47.2 Å². The smallest absolute Gasteiger partial charge is 0.167 e. The zero-order valence-corrected chi connectivity index (χ0v) is 16.6. The van der Waals surface area contributed by atoms with Gasteiger partial charge in [-0.15, -0.1) is 0 Å². The van der Waals surface area contributed by atoms with E-state index in [9.17, 15) is 4.79 Å². The minimum atomic E-state index is -0.0194. The summed E-state index contributed by atoms with van der Waals surface area (Å²) in [7, 11) is 3.21. The van der Waals surface area contributed by atoms with E-state index in [1.807, 2.05) is 42.5 Å². The van der Waals surface area contributed by atoms with Crippen LogP contribution < -0.4 is 26.3 Å². The summed E-state index contributed by atoms with van der Waals surface area (Å²) in [6.07, 6.45) is 0.182. The number of nitrogens with one attached hydrogen (secondary N) is 1. The van der Waals surface area contributed by atoms with Gasteiger partial charge in [0.15, 0.2) is 17.3 Å². The van der Waals surface area contributed by atoms with Gasteiger partial charge in [0.1, 0.15) is 0 Å². The molecule has 3 aromatic rings. The first-order valence-electron chi connectivity index (χ1n) is 9.22. The summed E-state index contributed by atoms with van der Waals surface area (Å²) in [6, 6.07) is 18.4. The van der Waals surface area contributed by atoms with Crippen LogP contribution in [0.2, 0.25) is 0 Å². The fourth-order valence-corrected chi connectivity index (χ4v) is 3.05. The molecule has 0 aliphatic heterocycles. The van der Waals surface area contributed by atoms with Crippen LogP contribution in [0.4, 0.5) is 17.1 Å². The number of ketones is 1. The topological polar surface area (TPSA) is 99.6 Å². The van der Waals surface area contributed by atoms with Crippen molar-refractivity contribution in [2.75, 3.05) is 31.0 Å². The van der Waals surface area contributed by atoms with Gasteiger partial charge in [-0.3, -0.25) is 4.79 Å². The first kappa shape index (κ1) is 20.1. The molecule has 0 radical (unpaired) electrons. The van der Waals surface area contributed by atoms with E-state index < -0.39 is 0 Å². The SMILES string of the molecule is COc1ccc(NCc2ccc(C(=O)Cc3c(N)cccc3N)cc2)cc1OC. The molecule has 6 heteroatoms. The van der Waals surface area contributed by atoms with Crippen molar-refractivity contribution < 1.29 is 14.3 Å². The molecule has 0 aliphatic carbocycles. The number of nitrogen functional groups attached to an aromatic ring is 2. The molecule has 0 bridgehead atoms. The van der Waals surface area contributed by atoms with Crippen LogP contribution in [-0.2, 0) is 13.0 Å². The fourth-order valence-electron chi connectivity index (χ4n) is 3.05. The second kappa shape index (κ2) is 9.01. The Hall–Kier alpha value is -3.67. The van der Waals surface area contributed by atoms with Crippen LogP contribution >= 0.6 is 0 Å². The van der Waals surface area contributed by atoms with E-state index in [0.717, 1.165) is 11.3 Å². The van der Waals surface area contributed by atoms with Gasteiger partial charge in [-0.2, -0.15) is 0 Å². The highest BCUT2D eigenvalue weighted by molar-refractivity contribution is 5.99. The van der Waals surface area contributed by atoms with Gasteiger partial charge in [-0.1, -0.05) is 30.3 Å². The van der Waals surface area contributed by atoms with E-state index in [1.165, 1.54) is 0 Å². The Labute approximate surface area is 170 Å². The summed E-state index contributed by atoms with van der Waals surface area (Å²) in [6.45, 7) is 0.614. The average molecular weight is 391 g/mol. The first-order valence-corrected chi connectivity index (χ1v) is 9.22. The molecule has 0 unspecified atom stereocenters. The Balaban J connectivity index is 1.63. The third-order valence-corrected chi connectivity index (χ3v) is 4.74. The zero-order valence-electron chi connectivity index (χ0n) is 16.6. The van der Waals surface area contributed by atoms with Crippen molar-refractivity contribution in [3.05, 3.63) is 77.4 Å². The number of benzene rings is 3. The number of carbonyl (C=O) groups is 1. The van der Waals surface area contributed by atoms with Crippen molar-refractivity contribution >= 4 is 22.8 Å². The molecule has 3 aromatic carbocycles. The van der Waals surface area contributed by atoms with Gasteiger partial charge in [-0.05, 0) is 29.8 Å². The maximum Gasteiger partial charge on any atom is 0.167 e. The normalized spacial score (nSPS) is 10.4. The standard InChI is InChI=1S/C23H25N3O3/c1-28-22-11-10-17(12-23(22)29-2)26-14-15-6-8-16(9-7-15)21(27)13-18-19(24)4-3-5-20(18)25/h3-12,26H,13-14,24-25H2,1-2H3. The number of nitrogens with two attached hydrogens (primary N) is 2. The largest absolute Gasteiger partial charge is 0.493 e. The Morgan fingerprint density at radius 1 is 0.897 bits per heavy atom. The van der Waals surface area contributed by atoms with E-state index in [4.69, 9.17) is 20.9 Å². The lowest BCUT2D eigenvalue weighted by Gasteiger charge is -2.12. The molecule has 0 saturated carbocycles. The monoisotopic (exact) mass is 391 g/mol. The number of hydrogen-bond acceptors (Lipinski definition) is 6. The number of methoxy groups -OCH3 is 2. The first-order chi connectivity index (χ1) is 14.0. The highest BCUT2D eigenvalue weighted by atomic mass is 16.5. The number of ether oxygens (including phenoxy) is 2. The third-order valence-electron chi connectivity index (χ3n) is 4.74. The maximum atomic E-state index is 12.6. The number of carbonyl (C=O) groups excluding carboxylic acids is 1. The maximum absolute atomic E-state index is 12.6. The van der Waals surface area contributed by atoms with Gasteiger partial charge in [0.05, 0.1) is 14.2 Å². The molecule has 0 saturated heterocycles. The lowest BCUT2D eigenvalue weighted by atomic mass is 9.99. The summed E-state index contributed by atoms with van der Waals surface area (Å²) < 4.78 is 10.6. The molecule has 0 aromatic heterocycles. The molecular weight excluding hydrogens is 366 g/mol. The Kier molecular flexibility index (Phi) is 6.24. The van der Waals surface area contributed by atoms with Crippen molar-refractivity contribution in [1.29, 1.82) is 0 Å². The summed E-state index contributed by atoms with van der Waals surface area (Å²) in [4.78, 5) is 12.6. The van der Waals surface area contributed by atoms with E-state index in [-0.39, 0.29) is 12.2 Å². The second-order valence-electron chi connectivity index (χ2n) is 6.64. The fraction of sp³-hybridized carbons (Fsp3) is 0.174. The molecule has 0 fully saturated rings. The predicted molar refractivity (Wildman–Crippen MR) is 117 cm³/mol. The van der Waals surface area contributed by atoms with Crippen molar-refractivity contribution in [2.24, 2.45) is 0 Å². The highest BCUT2D eigenvalue weighted by Gasteiger charge is 2.12.